The molecule has 1 saturated carbocycles. The Bertz CT molecular complexity index is 993. The highest BCUT2D eigenvalue weighted by atomic mass is 19.1. The van der Waals surface area contributed by atoms with Crippen molar-refractivity contribution in [3.63, 3.8) is 0 Å². The van der Waals surface area contributed by atoms with Gasteiger partial charge in [0.05, 0.1) is 7.11 Å². The number of benzene rings is 2. The van der Waals surface area contributed by atoms with Crippen LogP contribution in [-0.4, -0.2) is 30.8 Å². The first-order valence-electron chi connectivity index (χ1n) is 10.5. The van der Waals surface area contributed by atoms with E-state index in [1.54, 1.807) is 13.2 Å². The number of rotatable bonds is 4. The summed E-state index contributed by atoms with van der Waals surface area (Å²) >= 11 is 0. The number of fused-ring (bicyclic) bond motifs is 2. The van der Waals surface area contributed by atoms with Gasteiger partial charge in [0.2, 0.25) is 0 Å². The molecule has 0 amide bonds. The number of H-pyrrole nitrogens is 1. The molecule has 2 N–H and O–H groups in total. The molecule has 1 fully saturated rings. The van der Waals surface area contributed by atoms with E-state index >= 15 is 0 Å². The second kappa shape index (κ2) is 7.71. The Kier molecular flexibility index (Phi) is 4.92. The summed E-state index contributed by atoms with van der Waals surface area (Å²) in [6.07, 6.45) is 7.49. The van der Waals surface area contributed by atoms with Crippen LogP contribution in [0.4, 0.5) is 4.39 Å². The monoisotopic (exact) mass is 394 g/mol. The summed E-state index contributed by atoms with van der Waals surface area (Å²) in [5, 5.41) is 4.85. The predicted molar refractivity (Wildman–Crippen MR) is 112 cm³/mol. The topological polar surface area (TPSA) is 46.3 Å². The molecule has 1 aliphatic carbocycles. The zero-order valence-corrected chi connectivity index (χ0v) is 16.7. The van der Waals surface area contributed by atoms with Crippen LogP contribution < -0.4 is 14.8 Å². The van der Waals surface area contributed by atoms with Crippen LogP contribution in [0.15, 0.2) is 42.6 Å². The van der Waals surface area contributed by atoms with Crippen LogP contribution in [0.25, 0.3) is 10.9 Å². The van der Waals surface area contributed by atoms with E-state index in [9.17, 15) is 4.39 Å². The van der Waals surface area contributed by atoms with Gasteiger partial charge >= 0.3 is 0 Å². The van der Waals surface area contributed by atoms with Gasteiger partial charge in [-0.05, 0) is 73.9 Å². The van der Waals surface area contributed by atoms with Crippen LogP contribution in [0.2, 0.25) is 0 Å². The molecule has 5 rings (SSSR count). The van der Waals surface area contributed by atoms with Gasteiger partial charge in [-0.1, -0.05) is 6.07 Å². The van der Waals surface area contributed by atoms with Crippen LogP contribution >= 0.6 is 0 Å². The third-order valence-corrected chi connectivity index (χ3v) is 6.51. The Morgan fingerprint density at radius 3 is 2.79 bits per heavy atom. The third kappa shape index (κ3) is 3.60. The molecular formula is C24H27FN2O2. The Morgan fingerprint density at radius 1 is 1.10 bits per heavy atom. The molecule has 3 aromatic rings. The number of halogens is 1. The van der Waals surface area contributed by atoms with Crippen molar-refractivity contribution in [1.29, 1.82) is 0 Å². The van der Waals surface area contributed by atoms with Gasteiger partial charge in [-0.25, -0.2) is 4.39 Å². The average Bonchev–Trinajstić information content (AvgIpc) is 3.17. The highest BCUT2D eigenvalue weighted by Gasteiger charge is 2.28. The van der Waals surface area contributed by atoms with Crippen LogP contribution in [0.5, 0.6) is 11.5 Å². The standard InChI is InChI=1S/C24H27FN2O2/c1-28-23-3-2-4-24-20(23)12-18(14-29-24)27-17-8-5-15(6-9-17)21-13-26-22-10-7-16(25)11-19(21)22/h2-4,7,10-11,13,15,17-18,26-27H,5-6,8-9,12,14H2,1H3/t15-,17-,18?. The zero-order valence-electron chi connectivity index (χ0n) is 16.7. The minimum atomic E-state index is -0.165. The van der Waals surface area contributed by atoms with Gasteiger partial charge in [0, 0.05) is 34.7 Å². The first kappa shape index (κ1) is 18.5. The van der Waals surface area contributed by atoms with E-state index in [1.165, 1.54) is 11.6 Å². The Labute approximate surface area is 170 Å². The number of aromatic amines is 1. The van der Waals surface area contributed by atoms with Crippen molar-refractivity contribution < 1.29 is 13.9 Å². The molecule has 1 aromatic heterocycles. The molecule has 1 unspecified atom stereocenters. The molecule has 4 nitrogen and oxygen atoms in total. The van der Waals surface area contributed by atoms with Gasteiger partial charge in [0.1, 0.15) is 23.9 Å². The maximum absolute atomic E-state index is 13.7. The number of methoxy groups -OCH3 is 1. The lowest BCUT2D eigenvalue weighted by Gasteiger charge is -2.34. The molecular weight excluding hydrogens is 367 g/mol. The zero-order chi connectivity index (χ0) is 19.8. The van der Waals surface area contributed by atoms with Crippen molar-refractivity contribution in [1.82, 2.24) is 10.3 Å². The number of hydrogen-bond donors (Lipinski definition) is 2. The third-order valence-electron chi connectivity index (χ3n) is 6.51. The van der Waals surface area contributed by atoms with E-state index in [2.05, 4.69) is 16.5 Å². The highest BCUT2D eigenvalue weighted by molar-refractivity contribution is 5.83. The second-order valence-corrected chi connectivity index (χ2v) is 8.30. The quantitative estimate of drug-likeness (QED) is 0.659. The normalized spacial score (nSPS) is 24.1. The average molecular weight is 394 g/mol. The van der Waals surface area contributed by atoms with Crippen LogP contribution in [0, 0.1) is 5.82 Å². The summed E-state index contributed by atoms with van der Waals surface area (Å²) in [6, 6.07) is 11.8. The lowest BCUT2D eigenvalue weighted by atomic mass is 9.81. The molecule has 2 heterocycles. The first-order chi connectivity index (χ1) is 14.2. The minimum absolute atomic E-state index is 0.165. The molecule has 0 bridgehead atoms. The number of ether oxygens (including phenoxy) is 2. The molecule has 29 heavy (non-hydrogen) atoms. The van der Waals surface area contributed by atoms with Gasteiger partial charge in [-0.15, -0.1) is 0 Å². The second-order valence-electron chi connectivity index (χ2n) is 8.30. The number of hydrogen-bond acceptors (Lipinski definition) is 3. The van der Waals surface area contributed by atoms with E-state index in [0.717, 1.165) is 60.1 Å². The minimum Gasteiger partial charge on any atom is -0.496 e. The largest absolute Gasteiger partial charge is 0.496 e. The van der Waals surface area contributed by atoms with Crippen LogP contribution in [0.3, 0.4) is 0 Å². The molecule has 2 aromatic carbocycles. The van der Waals surface area contributed by atoms with Crippen molar-refractivity contribution in [2.75, 3.05) is 13.7 Å². The smallest absolute Gasteiger partial charge is 0.126 e. The lowest BCUT2D eigenvalue weighted by Crippen LogP contribution is -2.46. The van der Waals surface area contributed by atoms with E-state index in [-0.39, 0.29) is 5.82 Å². The van der Waals surface area contributed by atoms with E-state index in [0.29, 0.717) is 24.6 Å². The summed E-state index contributed by atoms with van der Waals surface area (Å²) in [7, 11) is 1.71. The molecule has 1 atom stereocenters. The molecule has 0 radical (unpaired) electrons. The van der Waals surface area contributed by atoms with E-state index in [4.69, 9.17) is 9.47 Å². The van der Waals surface area contributed by atoms with E-state index in [1.807, 2.05) is 24.3 Å². The van der Waals surface area contributed by atoms with Crippen molar-refractivity contribution in [3.8, 4) is 11.5 Å². The van der Waals surface area contributed by atoms with Gasteiger partial charge < -0.3 is 19.8 Å². The maximum Gasteiger partial charge on any atom is 0.126 e. The molecule has 1 aliphatic heterocycles. The summed E-state index contributed by atoms with van der Waals surface area (Å²) in [4.78, 5) is 3.30. The molecule has 0 saturated heterocycles. The molecule has 5 heteroatoms. The van der Waals surface area contributed by atoms with Crippen molar-refractivity contribution in [2.45, 2.75) is 50.1 Å². The first-order valence-corrected chi connectivity index (χ1v) is 10.5. The fourth-order valence-corrected chi connectivity index (χ4v) is 5.03. The van der Waals surface area contributed by atoms with Crippen LogP contribution in [0.1, 0.15) is 42.7 Å². The summed E-state index contributed by atoms with van der Waals surface area (Å²) in [6.45, 7) is 0.696. The molecule has 0 spiro atoms. The molecule has 152 valence electrons. The Morgan fingerprint density at radius 2 is 1.97 bits per heavy atom. The summed E-state index contributed by atoms with van der Waals surface area (Å²) in [5.41, 5.74) is 3.44. The van der Waals surface area contributed by atoms with Gasteiger partial charge in [-0.3, -0.25) is 0 Å². The van der Waals surface area contributed by atoms with Crippen molar-refractivity contribution in [3.05, 3.63) is 59.5 Å². The number of nitrogens with one attached hydrogen (secondary N) is 2. The fourth-order valence-electron chi connectivity index (χ4n) is 5.03. The lowest BCUT2D eigenvalue weighted by molar-refractivity contribution is 0.209. The van der Waals surface area contributed by atoms with Gasteiger partial charge in [0.25, 0.3) is 0 Å². The van der Waals surface area contributed by atoms with Gasteiger partial charge in [-0.2, -0.15) is 0 Å². The maximum atomic E-state index is 13.7. The van der Waals surface area contributed by atoms with Gasteiger partial charge in [0.15, 0.2) is 0 Å². The van der Waals surface area contributed by atoms with Crippen molar-refractivity contribution in [2.24, 2.45) is 0 Å². The summed E-state index contributed by atoms with van der Waals surface area (Å²) < 4.78 is 25.2. The SMILES string of the molecule is COc1cccc2c1CC(N[C@H]1CC[C@H](c3c[nH]c4ccc(F)cc43)CC1)CO2. The fraction of sp³-hybridized carbons (Fsp3) is 0.417. The van der Waals surface area contributed by atoms with Crippen LogP contribution in [-0.2, 0) is 6.42 Å². The Hall–Kier alpha value is -2.53. The predicted octanol–water partition coefficient (Wildman–Crippen LogP) is 4.94. The molecule has 2 aliphatic rings. The number of aromatic nitrogens is 1. The highest BCUT2D eigenvalue weighted by Crippen LogP contribution is 2.38. The van der Waals surface area contributed by atoms with E-state index < -0.39 is 0 Å². The van der Waals surface area contributed by atoms with Crippen molar-refractivity contribution >= 4 is 10.9 Å². The summed E-state index contributed by atoms with van der Waals surface area (Å²) in [5.74, 6) is 2.18. The Balaban J connectivity index is 1.22.